The van der Waals surface area contributed by atoms with Gasteiger partial charge in [0.15, 0.2) is 11.5 Å². The van der Waals surface area contributed by atoms with Gasteiger partial charge in [0, 0.05) is 11.3 Å². The van der Waals surface area contributed by atoms with E-state index >= 15 is 0 Å². The first-order chi connectivity index (χ1) is 9.71. The van der Waals surface area contributed by atoms with E-state index in [1.807, 2.05) is 36.4 Å². The lowest BCUT2D eigenvalue weighted by Gasteiger charge is -2.08. The molecule has 0 aliphatic heterocycles. The number of methoxy groups -OCH3 is 2. The van der Waals surface area contributed by atoms with Crippen LogP contribution in [0.1, 0.15) is 0 Å². The molecule has 1 aromatic heterocycles. The molecule has 0 spiro atoms. The molecule has 3 rings (SSSR count). The van der Waals surface area contributed by atoms with Gasteiger partial charge in [0.1, 0.15) is 5.01 Å². The van der Waals surface area contributed by atoms with Gasteiger partial charge >= 0.3 is 0 Å². The fraction of sp³-hybridized carbons (Fsp3) is 0.133. The van der Waals surface area contributed by atoms with E-state index < -0.39 is 0 Å². The van der Waals surface area contributed by atoms with Crippen molar-refractivity contribution in [2.75, 3.05) is 20.0 Å². The van der Waals surface area contributed by atoms with Crippen LogP contribution < -0.4 is 15.2 Å². The van der Waals surface area contributed by atoms with E-state index in [-0.39, 0.29) is 0 Å². The summed E-state index contributed by atoms with van der Waals surface area (Å²) < 4.78 is 11.6. The van der Waals surface area contributed by atoms with Crippen molar-refractivity contribution in [1.29, 1.82) is 0 Å². The monoisotopic (exact) mass is 286 g/mol. The molecule has 0 fully saturated rings. The highest BCUT2D eigenvalue weighted by molar-refractivity contribution is 7.21. The molecule has 4 nitrogen and oxygen atoms in total. The molecular formula is C15H14N2O2S. The molecule has 5 heteroatoms. The number of aromatic nitrogens is 1. The number of hydrogen-bond donors (Lipinski definition) is 1. The van der Waals surface area contributed by atoms with E-state index in [9.17, 15) is 0 Å². The quantitative estimate of drug-likeness (QED) is 0.748. The van der Waals surface area contributed by atoms with Crippen molar-refractivity contribution in [3.63, 3.8) is 0 Å². The lowest BCUT2D eigenvalue weighted by molar-refractivity contribution is 0.355. The maximum absolute atomic E-state index is 5.80. The van der Waals surface area contributed by atoms with Crippen LogP contribution in [0.2, 0.25) is 0 Å². The molecule has 0 aliphatic rings. The molecule has 0 atom stereocenters. The Balaban J connectivity index is 2.10. The maximum atomic E-state index is 5.80. The van der Waals surface area contributed by atoms with Crippen LogP contribution in [0.15, 0.2) is 36.4 Å². The van der Waals surface area contributed by atoms with Gasteiger partial charge in [-0.15, -0.1) is 11.3 Å². The third kappa shape index (κ3) is 2.16. The number of nitrogens with two attached hydrogens (primary N) is 1. The number of fused-ring (bicyclic) bond motifs is 1. The molecule has 0 saturated carbocycles. The number of rotatable bonds is 3. The van der Waals surface area contributed by atoms with Gasteiger partial charge in [0.25, 0.3) is 0 Å². The minimum atomic E-state index is 0.698. The van der Waals surface area contributed by atoms with Crippen molar-refractivity contribution < 1.29 is 9.47 Å². The van der Waals surface area contributed by atoms with Crippen LogP contribution in [-0.2, 0) is 0 Å². The van der Waals surface area contributed by atoms with Crippen molar-refractivity contribution >= 4 is 27.2 Å². The number of nitrogens with zero attached hydrogens (tertiary/aromatic N) is 1. The van der Waals surface area contributed by atoms with Crippen LogP contribution in [0.4, 0.5) is 5.69 Å². The number of hydrogen-bond acceptors (Lipinski definition) is 5. The largest absolute Gasteiger partial charge is 0.493 e. The van der Waals surface area contributed by atoms with Crippen molar-refractivity contribution in [1.82, 2.24) is 4.98 Å². The maximum Gasteiger partial charge on any atom is 0.161 e. The van der Waals surface area contributed by atoms with Crippen LogP contribution in [0, 0.1) is 0 Å². The molecule has 2 aromatic carbocycles. The summed E-state index contributed by atoms with van der Waals surface area (Å²) in [5, 5.41) is 0.937. The summed E-state index contributed by atoms with van der Waals surface area (Å²) in [6, 6.07) is 11.5. The van der Waals surface area contributed by atoms with E-state index in [4.69, 9.17) is 15.2 Å². The second-order valence-corrected chi connectivity index (χ2v) is 5.35. The van der Waals surface area contributed by atoms with Crippen LogP contribution in [0.25, 0.3) is 20.8 Å². The molecule has 0 bridgehead atoms. The standard InChI is InChI=1S/C15H14N2O2S/c1-18-12-6-3-9(7-13(12)19-2)15-17-11-5-4-10(16)8-14(11)20-15/h3-8H,16H2,1-2H3. The zero-order chi connectivity index (χ0) is 14.1. The van der Waals surface area contributed by atoms with E-state index in [2.05, 4.69) is 4.98 Å². The van der Waals surface area contributed by atoms with Gasteiger partial charge in [0.05, 0.1) is 24.4 Å². The Morgan fingerprint density at radius 1 is 1.00 bits per heavy atom. The second kappa shape index (κ2) is 5.02. The smallest absolute Gasteiger partial charge is 0.161 e. The van der Waals surface area contributed by atoms with Crippen LogP contribution in [0.3, 0.4) is 0 Å². The molecule has 0 radical (unpaired) electrons. The molecule has 3 aromatic rings. The first kappa shape index (κ1) is 12.7. The highest BCUT2D eigenvalue weighted by Crippen LogP contribution is 2.36. The third-order valence-corrected chi connectivity index (χ3v) is 4.11. The van der Waals surface area contributed by atoms with E-state index in [1.165, 1.54) is 0 Å². The van der Waals surface area contributed by atoms with E-state index in [1.54, 1.807) is 25.6 Å². The minimum absolute atomic E-state index is 0.698. The molecule has 1 heterocycles. The third-order valence-electron chi connectivity index (χ3n) is 3.04. The van der Waals surface area contributed by atoms with Crippen LogP contribution >= 0.6 is 11.3 Å². The summed E-state index contributed by atoms with van der Waals surface area (Å²) in [6.45, 7) is 0. The topological polar surface area (TPSA) is 57.4 Å². The summed E-state index contributed by atoms with van der Waals surface area (Å²) in [4.78, 5) is 4.62. The number of anilines is 1. The molecular weight excluding hydrogens is 272 g/mol. The van der Waals surface area contributed by atoms with Crippen molar-refractivity contribution in [3.05, 3.63) is 36.4 Å². The Hall–Kier alpha value is -2.27. The lowest BCUT2D eigenvalue weighted by atomic mass is 10.2. The summed E-state index contributed by atoms with van der Waals surface area (Å²) >= 11 is 1.61. The van der Waals surface area contributed by atoms with E-state index in [0.29, 0.717) is 11.5 Å². The van der Waals surface area contributed by atoms with Gasteiger partial charge in [-0.1, -0.05) is 0 Å². The first-order valence-electron chi connectivity index (χ1n) is 6.09. The van der Waals surface area contributed by atoms with Gasteiger partial charge in [-0.05, 0) is 36.4 Å². The Morgan fingerprint density at radius 3 is 2.55 bits per heavy atom. The predicted molar refractivity (Wildman–Crippen MR) is 82.6 cm³/mol. The van der Waals surface area contributed by atoms with Gasteiger partial charge in [-0.3, -0.25) is 0 Å². The Morgan fingerprint density at radius 2 is 1.80 bits per heavy atom. The van der Waals surface area contributed by atoms with Crippen molar-refractivity contribution in [2.45, 2.75) is 0 Å². The Labute approximate surface area is 120 Å². The molecule has 20 heavy (non-hydrogen) atoms. The van der Waals surface area contributed by atoms with Gasteiger partial charge < -0.3 is 15.2 Å². The summed E-state index contributed by atoms with van der Waals surface area (Å²) in [7, 11) is 3.25. The average Bonchev–Trinajstić information content (AvgIpc) is 2.89. The fourth-order valence-electron chi connectivity index (χ4n) is 2.03. The summed E-state index contributed by atoms with van der Waals surface area (Å²) in [6.07, 6.45) is 0. The number of thiazole rings is 1. The van der Waals surface area contributed by atoms with E-state index in [0.717, 1.165) is 26.5 Å². The van der Waals surface area contributed by atoms with Crippen LogP contribution in [0.5, 0.6) is 11.5 Å². The molecule has 0 unspecified atom stereocenters. The number of nitrogen functional groups attached to an aromatic ring is 1. The Kier molecular flexibility index (Phi) is 3.20. The van der Waals surface area contributed by atoms with Gasteiger partial charge in [-0.2, -0.15) is 0 Å². The molecule has 2 N–H and O–H groups in total. The zero-order valence-corrected chi connectivity index (χ0v) is 12.0. The Bertz CT molecular complexity index is 768. The molecule has 0 amide bonds. The molecule has 0 saturated heterocycles. The normalized spacial score (nSPS) is 10.7. The highest BCUT2D eigenvalue weighted by atomic mass is 32.1. The van der Waals surface area contributed by atoms with Gasteiger partial charge in [-0.25, -0.2) is 4.98 Å². The lowest BCUT2D eigenvalue weighted by Crippen LogP contribution is -1.90. The van der Waals surface area contributed by atoms with Gasteiger partial charge in [0.2, 0.25) is 0 Å². The number of ether oxygens (including phenoxy) is 2. The first-order valence-corrected chi connectivity index (χ1v) is 6.91. The van der Waals surface area contributed by atoms with Crippen LogP contribution in [-0.4, -0.2) is 19.2 Å². The summed E-state index contributed by atoms with van der Waals surface area (Å²) in [5.74, 6) is 1.41. The average molecular weight is 286 g/mol. The highest BCUT2D eigenvalue weighted by Gasteiger charge is 2.10. The predicted octanol–water partition coefficient (Wildman–Crippen LogP) is 3.56. The zero-order valence-electron chi connectivity index (χ0n) is 11.2. The number of benzene rings is 2. The fourth-order valence-corrected chi connectivity index (χ4v) is 3.04. The van der Waals surface area contributed by atoms with Crippen molar-refractivity contribution in [2.24, 2.45) is 0 Å². The molecule has 0 aliphatic carbocycles. The SMILES string of the molecule is COc1ccc(-c2nc3ccc(N)cc3s2)cc1OC. The molecule has 102 valence electrons. The summed E-state index contributed by atoms with van der Waals surface area (Å²) in [5.41, 5.74) is 8.50. The second-order valence-electron chi connectivity index (χ2n) is 4.32. The minimum Gasteiger partial charge on any atom is -0.493 e. The van der Waals surface area contributed by atoms with Crippen molar-refractivity contribution in [3.8, 4) is 22.1 Å².